The zero-order valence-electron chi connectivity index (χ0n) is 14.5. The minimum atomic E-state index is 0.227. The van der Waals surface area contributed by atoms with E-state index in [4.69, 9.17) is 4.74 Å². The van der Waals surface area contributed by atoms with E-state index in [0.717, 1.165) is 19.0 Å². The number of nitrogens with zero attached hydrogens (tertiary/aromatic N) is 2. The average molecular weight is 306 g/mol. The van der Waals surface area contributed by atoms with Crippen molar-refractivity contribution in [1.82, 2.24) is 10.6 Å². The van der Waals surface area contributed by atoms with Crippen molar-refractivity contribution >= 4 is 11.6 Å². The Labute approximate surface area is 134 Å². The van der Waals surface area contributed by atoms with E-state index in [-0.39, 0.29) is 6.04 Å². The summed E-state index contributed by atoms with van der Waals surface area (Å²) in [6.45, 7) is 8.55. The molecule has 22 heavy (non-hydrogen) atoms. The van der Waals surface area contributed by atoms with Crippen LogP contribution in [0.4, 0.5) is 5.69 Å². The second-order valence-corrected chi connectivity index (χ2v) is 5.52. The van der Waals surface area contributed by atoms with Crippen molar-refractivity contribution in [2.45, 2.75) is 32.9 Å². The number of hydrogen-bond donors (Lipinski definition) is 2. The molecule has 0 saturated carbocycles. The van der Waals surface area contributed by atoms with Gasteiger partial charge in [0.05, 0.1) is 13.2 Å². The predicted molar refractivity (Wildman–Crippen MR) is 94.8 cm³/mol. The SMILES string of the molecule is CCNC(=NCC(C)N(C)c1ccccc1)NC(C)COC. The third-order valence-electron chi connectivity index (χ3n) is 3.48. The molecule has 0 saturated heterocycles. The molecule has 2 N–H and O–H groups in total. The van der Waals surface area contributed by atoms with Crippen LogP contribution in [0, 0.1) is 0 Å². The number of guanidine groups is 1. The molecule has 0 radical (unpaired) electrons. The van der Waals surface area contributed by atoms with Gasteiger partial charge < -0.3 is 20.3 Å². The second kappa shape index (κ2) is 10.1. The van der Waals surface area contributed by atoms with Crippen LogP contribution < -0.4 is 15.5 Å². The molecule has 0 spiro atoms. The Morgan fingerprint density at radius 1 is 1.27 bits per heavy atom. The highest BCUT2D eigenvalue weighted by Crippen LogP contribution is 2.13. The lowest BCUT2D eigenvalue weighted by atomic mass is 10.2. The Hall–Kier alpha value is -1.75. The smallest absolute Gasteiger partial charge is 0.191 e. The van der Waals surface area contributed by atoms with Gasteiger partial charge in [0.1, 0.15) is 0 Å². The van der Waals surface area contributed by atoms with Gasteiger partial charge in [0.2, 0.25) is 0 Å². The Kier molecular flexibility index (Phi) is 8.36. The Morgan fingerprint density at radius 3 is 2.55 bits per heavy atom. The van der Waals surface area contributed by atoms with Gasteiger partial charge in [-0.3, -0.25) is 4.99 Å². The standard InChI is InChI=1S/C17H30N4O/c1-6-18-17(20-14(2)13-22-5)19-12-15(3)21(4)16-10-8-7-9-11-16/h7-11,14-15H,6,12-13H2,1-5H3,(H2,18,19,20). The van der Waals surface area contributed by atoms with Gasteiger partial charge in [-0.05, 0) is 32.9 Å². The third-order valence-corrected chi connectivity index (χ3v) is 3.48. The number of para-hydroxylation sites is 1. The molecule has 0 aliphatic carbocycles. The van der Waals surface area contributed by atoms with Gasteiger partial charge in [-0.25, -0.2) is 0 Å². The van der Waals surface area contributed by atoms with Crippen LogP contribution in [-0.2, 0) is 4.74 Å². The summed E-state index contributed by atoms with van der Waals surface area (Å²) in [4.78, 5) is 6.92. The second-order valence-electron chi connectivity index (χ2n) is 5.52. The van der Waals surface area contributed by atoms with E-state index in [1.54, 1.807) is 7.11 Å². The molecule has 0 bridgehead atoms. The zero-order valence-corrected chi connectivity index (χ0v) is 14.5. The Bertz CT molecular complexity index is 436. The highest BCUT2D eigenvalue weighted by Gasteiger charge is 2.10. The van der Waals surface area contributed by atoms with Crippen LogP contribution in [0.1, 0.15) is 20.8 Å². The first-order valence-corrected chi connectivity index (χ1v) is 7.90. The van der Waals surface area contributed by atoms with Crippen molar-refractivity contribution in [3.63, 3.8) is 0 Å². The molecule has 124 valence electrons. The molecule has 0 aromatic heterocycles. The van der Waals surface area contributed by atoms with E-state index in [1.165, 1.54) is 5.69 Å². The maximum absolute atomic E-state index is 5.15. The van der Waals surface area contributed by atoms with E-state index in [2.05, 4.69) is 72.6 Å². The molecule has 0 aliphatic rings. The van der Waals surface area contributed by atoms with Crippen molar-refractivity contribution in [3.05, 3.63) is 30.3 Å². The molecule has 0 fully saturated rings. The molecule has 0 amide bonds. The normalized spacial score (nSPS) is 14.3. The van der Waals surface area contributed by atoms with Crippen molar-refractivity contribution < 1.29 is 4.74 Å². The Morgan fingerprint density at radius 2 is 1.95 bits per heavy atom. The van der Waals surface area contributed by atoms with E-state index in [9.17, 15) is 0 Å². The fourth-order valence-corrected chi connectivity index (χ4v) is 2.11. The monoisotopic (exact) mass is 306 g/mol. The summed E-state index contributed by atoms with van der Waals surface area (Å²) in [6, 6.07) is 10.9. The molecule has 1 rings (SSSR count). The number of likely N-dealkylation sites (N-methyl/N-ethyl adjacent to an activating group) is 1. The lowest BCUT2D eigenvalue weighted by Gasteiger charge is -2.26. The molecule has 0 heterocycles. The van der Waals surface area contributed by atoms with Crippen LogP contribution in [0.25, 0.3) is 0 Å². The highest BCUT2D eigenvalue weighted by atomic mass is 16.5. The molecule has 5 nitrogen and oxygen atoms in total. The fourth-order valence-electron chi connectivity index (χ4n) is 2.11. The van der Waals surface area contributed by atoms with Crippen LogP contribution in [-0.4, -0.2) is 51.9 Å². The van der Waals surface area contributed by atoms with Gasteiger partial charge >= 0.3 is 0 Å². The first kappa shape index (κ1) is 18.3. The lowest BCUT2D eigenvalue weighted by Crippen LogP contribution is -2.44. The number of aliphatic imine (C=N–C) groups is 1. The van der Waals surface area contributed by atoms with Crippen LogP contribution in [0.2, 0.25) is 0 Å². The third kappa shape index (κ3) is 6.35. The molecule has 2 atom stereocenters. The van der Waals surface area contributed by atoms with Crippen molar-refractivity contribution in [2.24, 2.45) is 4.99 Å². The number of anilines is 1. The number of benzene rings is 1. The summed E-state index contributed by atoms with van der Waals surface area (Å²) in [6.07, 6.45) is 0. The van der Waals surface area contributed by atoms with Crippen molar-refractivity contribution in [3.8, 4) is 0 Å². The van der Waals surface area contributed by atoms with E-state index in [1.807, 2.05) is 6.07 Å². The Balaban J connectivity index is 2.60. The number of ether oxygens (including phenoxy) is 1. The van der Waals surface area contributed by atoms with Gasteiger partial charge in [0.15, 0.2) is 5.96 Å². The molecule has 1 aromatic carbocycles. The van der Waals surface area contributed by atoms with Gasteiger partial charge in [-0.2, -0.15) is 0 Å². The van der Waals surface area contributed by atoms with E-state index >= 15 is 0 Å². The number of rotatable bonds is 8. The molecule has 1 aromatic rings. The minimum absolute atomic E-state index is 0.227. The zero-order chi connectivity index (χ0) is 16.4. The highest BCUT2D eigenvalue weighted by molar-refractivity contribution is 5.80. The first-order valence-electron chi connectivity index (χ1n) is 7.90. The topological polar surface area (TPSA) is 48.9 Å². The van der Waals surface area contributed by atoms with Crippen molar-refractivity contribution in [1.29, 1.82) is 0 Å². The van der Waals surface area contributed by atoms with Crippen LogP contribution in [0.15, 0.2) is 35.3 Å². The summed E-state index contributed by atoms with van der Waals surface area (Å²) in [7, 11) is 3.81. The number of methoxy groups -OCH3 is 1. The summed E-state index contributed by atoms with van der Waals surface area (Å²) < 4.78 is 5.15. The quantitative estimate of drug-likeness (QED) is 0.570. The van der Waals surface area contributed by atoms with Gasteiger partial charge in [0.25, 0.3) is 0 Å². The molecule has 0 aliphatic heterocycles. The molecular weight excluding hydrogens is 276 g/mol. The predicted octanol–water partition coefficient (Wildman–Crippen LogP) is 2.10. The minimum Gasteiger partial charge on any atom is -0.383 e. The first-order chi connectivity index (χ1) is 10.6. The molecule has 2 unspecified atom stereocenters. The maximum Gasteiger partial charge on any atom is 0.191 e. The van der Waals surface area contributed by atoms with Gasteiger partial charge in [-0.15, -0.1) is 0 Å². The van der Waals surface area contributed by atoms with Crippen LogP contribution >= 0.6 is 0 Å². The maximum atomic E-state index is 5.15. The van der Waals surface area contributed by atoms with Crippen LogP contribution in [0.3, 0.4) is 0 Å². The largest absolute Gasteiger partial charge is 0.383 e. The molecule has 5 heteroatoms. The summed E-state index contributed by atoms with van der Waals surface area (Å²) in [5, 5.41) is 6.62. The summed E-state index contributed by atoms with van der Waals surface area (Å²) >= 11 is 0. The van der Waals surface area contributed by atoms with E-state index < -0.39 is 0 Å². The molecular formula is C17H30N4O. The van der Waals surface area contributed by atoms with Gasteiger partial charge in [-0.1, -0.05) is 18.2 Å². The van der Waals surface area contributed by atoms with E-state index in [0.29, 0.717) is 12.6 Å². The fraction of sp³-hybridized carbons (Fsp3) is 0.588. The summed E-state index contributed by atoms with van der Waals surface area (Å²) in [5.74, 6) is 0.834. The van der Waals surface area contributed by atoms with Crippen molar-refractivity contribution in [2.75, 3.05) is 38.8 Å². The number of nitrogens with one attached hydrogen (secondary N) is 2. The number of hydrogen-bond acceptors (Lipinski definition) is 3. The average Bonchev–Trinajstić information content (AvgIpc) is 2.53. The van der Waals surface area contributed by atoms with Crippen LogP contribution in [0.5, 0.6) is 0 Å². The summed E-state index contributed by atoms with van der Waals surface area (Å²) in [5.41, 5.74) is 1.20. The lowest BCUT2D eigenvalue weighted by molar-refractivity contribution is 0.179. The van der Waals surface area contributed by atoms with Gasteiger partial charge in [0, 0.05) is 38.5 Å².